The molecule has 0 aliphatic rings. The number of nitrogens with zero attached hydrogens (tertiary/aromatic N) is 2. The molecule has 0 spiro atoms. The predicted molar refractivity (Wildman–Crippen MR) is 152 cm³/mol. The zero-order chi connectivity index (χ0) is 30.0. The van der Waals surface area contributed by atoms with Gasteiger partial charge in [-0.25, -0.2) is 29.1 Å². The van der Waals surface area contributed by atoms with Gasteiger partial charge in [0.1, 0.15) is 0 Å². The molecule has 0 unspecified atom stereocenters. The lowest BCUT2D eigenvalue weighted by Crippen LogP contribution is -2.03. The maximum atomic E-state index is 11.5. The fourth-order valence-electron chi connectivity index (χ4n) is 4.32. The largest absolute Gasteiger partial charge is 0.478 e. The van der Waals surface area contributed by atoms with E-state index in [1.54, 1.807) is 48.5 Å². The molecule has 0 atom stereocenters. The van der Waals surface area contributed by atoms with E-state index in [0.29, 0.717) is 45.0 Å². The third-order valence-electron chi connectivity index (χ3n) is 6.52. The van der Waals surface area contributed by atoms with Crippen molar-refractivity contribution < 1.29 is 39.6 Å². The summed E-state index contributed by atoms with van der Waals surface area (Å²) in [5.41, 5.74) is 3.83. The molecule has 42 heavy (non-hydrogen) atoms. The number of aromatic nitrogens is 2. The summed E-state index contributed by atoms with van der Waals surface area (Å²) < 4.78 is 0. The van der Waals surface area contributed by atoms with Crippen LogP contribution in [0.1, 0.15) is 41.4 Å². The molecule has 4 aromatic carbocycles. The van der Waals surface area contributed by atoms with E-state index in [1.807, 2.05) is 0 Å². The first-order valence-corrected chi connectivity index (χ1v) is 12.4. The summed E-state index contributed by atoms with van der Waals surface area (Å²) >= 11 is 0. The SMILES string of the molecule is O=C(O)c1ccc(-c2nc(-c3ccc(C(=O)O)cc3)c(-c3ccc(C(=O)O)cc3)nc2-c2ccc(C(=O)O)cc2)cc1. The summed E-state index contributed by atoms with van der Waals surface area (Å²) in [7, 11) is 0. The van der Waals surface area contributed by atoms with Crippen molar-refractivity contribution in [3.8, 4) is 45.0 Å². The molecule has 206 valence electrons. The average Bonchev–Trinajstić information content (AvgIpc) is 3.00. The highest BCUT2D eigenvalue weighted by atomic mass is 16.4. The van der Waals surface area contributed by atoms with Gasteiger partial charge in [0, 0.05) is 22.3 Å². The molecule has 0 bridgehead atoms. The van der Waals surface area contributed by atoms with Crippen molar-refractivity contribution in [3.63, 3.8) is 0 Å². The van der Waals surface area contributed by atoms with Crippen LogP contribution in [0.2, 0.25) is 0 Å². The molecular weight excluding hydrogens is 540 g/mol. The molecular formula is C32H20N2O8. The van der Waals surface area contributed by atoms with Crippen LogP contribution >= 0.6 is 0 Å². The molecule has 5 rings (SSSR count). The van der Waals surface area contributed by atoms with Gasteiger partial charge in [0.05, 0.1) is 45.0 Å². The van der Waals surface area contributed by atoms with Crippen LogP contribution in [0.4, 0.5) is 0 Å². The maximum absolute atomic E-state index is 11.5. The summed E-state index contributed by atoms with van der Waals surface area (Å²) in [6, 6.07) is 24.1. The molecule has 5 aromatic rings. The molecule has 0 saturated carbocycles. The predicted octanol–water partition coefficient (Wildman–Crippen LogP) is 5.94. The van der Waals surface area contributed by atoms with Gasteiger partial charge in [-0.2, -0.15) is 0 Å². The van der Waals surface area contributed by atoms with Crippen LogP contribution in [0.3, 0.4) is 0 Å². The van der Waals surface area contributed by atoms with Gasteiger partial charge >= 0.3 is 23.9 Å². The Labute approximate surface area is 237 Å². The molecule has 0 fully saturated rings. The smallest absolute Gasteiger partial charge is 0.335 e. The Morgan fingerprint density at radius 1 is 0.333 bits per heavy atom. The number of carboxylic acids is 4. The second-order valence-electron chi connectivity index (χ2n) is 9.15. The highest BCUT2D eigenvalue weighted by Crippen LogP contribution is 2.37. The van der Waals surface area contributed by atoms with Crippen LogP contribution in [-0.4, -0.2) is 54.3 Å². The Hall–Kier alpha value is -6.16. The van der Waals surface area contributed by atoms with E-state index >= 15 is 0 Å². The molecule has 0 saturated heterocycles. The minimum Gasteiger partial charge on any atom is -0.478 e. The van der Waals surface area contributed by atoms with Crippen molar-refractivity contribution in [2.45, 2.75) is 0 Å². The van der Waals surface area contributed by atoms with Crippen LogP contribution in [-0.2, 0) is 0 Å². The van der Waals surface area contributed by atoms with E-state index in [0.717, 1.165) is 0 Å². The monoisotopic (exact) mass is 560 g/mol. The van der Waals surface area contributed by atoms with Gasteiger partial charge in [-0.05, 0) is 48.5 Å². The number of hydrogen-bond donors (Lipinski definition) is 4. The van der Waals surface area contributed by atoms with Crippen molar-refractivity contribution in [1.29, 1.82) is 0 Å². The Morgan fingerprint density at radius 2 is 0.500 bits per heavy atom. The lowest BCUT2D eigenvalue weighted by Gasteiger charge is -2.16. The van der Waals surface area contributed by atoms with Gasteiger partial charge in [-0.3, -0.25) is 0 Å². The van der Waals surface area contributed by atoms with Crippen molar-refractivity contribution >= 4 is 23.9 Å². The van der Waals surface area contributed by atoms with Gasteiger partial charge in [0.25, 0.3) is 0 Å². The first-order chi connectivity index (χ1) is 20.1. The quantitative estimate of drug-likeness (QED) is 0.178. The van der Waals surface area contributed by atoms with Gasteiger partial charge < -0.3 is 20.4 Å². The van der Waals surface area contributed by atoms with Crippen LogP contribution in [0.5, 0.6) is 0 Å². The summed E-state index contributed by atoms with van der Waals surface area (Å²) in [5.74, 6) is -4.40. The van der Waals surface area contributed by atoms with E-state index in [9.17, 15) is 39.6 Å². The highest BCUT2D eigenvalue weighted by Gasteiger charge is 2.21. The number of aromatic carboxylic acids is 4. The van der Waals surface area contributed by atoms with E-state index in [4.69, 9.17) is 9.97 Å². The van der Waals surface area contributed by atoms with Gasteiger partial charge in [-0.1, -0.05) is 48.5 Å². The zero-order valence-electron chi connectivity index (χ0n) is 21.6. The first kappa shape index (κ1) is 27.4. The van der Waals surface area contributed by atoms with Gasteiger partial charge in [0.2, 0.25) is 0 Å². The average molecular weight is 561 g/mol. The van der Waals surface area contributed by atoms with Crippen LogP contribution < -0.4 is 0 Å². The molecule has 1 heterocycles. The number of benzene rings is 4. The summed E-state index contributed by atoms with van der Waals surface area (Å²) in [6.07, 6.45) is 0. The summed E-state index contributed by atoms with van der Waals surface area (Å²) in [4.78, 5) is 55.7. The number of hydrogen-bond acceptors (Lipinski definition) is 6. The lowest BCUT2D eigenvalue weighted by molar-refractivity contribution is 0.0686. The molecule has 0 aliphatic carbocycles. The Morgan fingerprint density at radius 3 is 0.643 bits per heavy atom. The fraction of sp³-hybridized carbons (Fsp3) is 0. The van der Waals surface area contributed by atoms with E-state index < -0.39 is 23.9 Å². The third-order valence-corrected chi connectivity index (χ3v) is 6.52. The maximum Gasteiger partial charge on any atom is 0.335 e. The molecule has 10 nitrogen and oxygen atoms in total. The van der Waals surface area contributed by atoms with Crippen molar-refractivity contribution in [2.75, 3.05) is 0 Å². The number of carboxylic acid groups (broad SMARTS) is 4. The Balaban J connectivity index is 1.80. The lowest BCUT2D eigenvalue weighted by atomic mass is 9.97. The Kier molecular flexibility index (Phi) is 7.27. The first-order valence-electron chi connectivity index (χ1n) is 12.4. The van der Waals surface area contributed by atoms with Crippen molar-refractivity contribution in [2.24, 2.45) is 0 Å². The van der Waals surface area contributed by atoms with Crippen LogP contribution in [0.25, 0.3) is 45.0 Å². The van der Waals surface area contributed by atoms with E-state index in [1.165, 1.54) is 48.5 Å². The van der Waals surface area contributed by atoms with E-state index in [-0.39, 0.29) is 22.3 Å². The summed E-state index contributed by atoms with van der Waals surface area (Å²) in [6.45, 7) is 0. The Bertz CT molecular complexity index is 1570. The van der Waals surface area contributed by atoms with Gasteiger partial charge in [-0.15, -0.1) is 0 Å². The molecule has 4 N–H and O–H groups in total. The number of carbonyl (C=O) groups is 4. The molecule has 0 aliphatic heterocycles. The minimum absolute atomic E-state index is 0.0682. The fourth-order valence-corrected chi connectivity index (χ4v) is 4.32. The highest BCUT2D eigenvalue weighted by molar-refractivity contribution is 5.93. The second-order valence-corrected chi connectivity index (χ2v) is 9.15. The zero-order valence-corrected chi connectivity index (χ0v) is 21.6. The number of rotatable bonds is 8. The van der Waals surface area contributed by atoms with Crippen molar-refractivity contribution in [3.05, 3.63) is 119 Å². The topological polar surface area (TPSA) is 175 Å². The normalized spacial score (nSPS) is 10.7. The van der Waals surface area contributed by atoms with Crippen molar-refractivity contribution in [1.82, 2.24) is 9.97 Å². The molecule has 10 heteroatoms. The third kappa shape index (κ3) is 5.45. The molecule has 0 amide bonds. The molecule has 0 radical (unpaired) electrons. The second kappa shape index (κ2) is 11.1. The van der Waals surface area contributed by atoms with E-state index in [2.05, 4.69) is 0 Å². The standard InChI is InChI=1S/C32H20N2O8/c35-29(36)21-9-1-17(2-10-21)25-26(18-3-11-22(12-4-18)30(37)38)34-28(20-7-15-24(16-8-20)32(41)42)27(33-25)19-5-13-23(14-6-19)31(39)40/h1-16H,(H,35,36)(H,37,38)(H,39,40)(H,41,42). The molecule has 1 aromatic heterocycles. The van der Waals surface area contributed by atoms with Crippen LogP contribution in [0.15, 0.2) is 97.1 Å². The van der Waals surface area contributed by atoms with Crippen LogP contribution in [0, 0.1) is 0 Å². The summed E-state index contributed by atoms with van der Waals surface area (Å²) in [5, 5.41) is 37.5. The van der Waals surface area contributed by atoms with Gasteiger partial charge in [0.15, 0.2) is 0 Å². The minimum atomic E-state index is -1.10.